The van der Waals surface area contributed by atoms with E-state index in [1.807, 2.05) is 0 Å². The summed E-state index contributed by atoms with van der Waals surface area (Å²) in [6.07, 6.45) is 7.51. The SMILES string of the molecule is CCC(=O)O[C@H]1C[C@@]2(C)[C@@H](C[C@@H](C)[C@]2(OC(=O)CC)C(=O)SCF)[C@@H]2C[C@H](F)C3=CC(=O)C=C[C@]3(C)[C@@]12F.OCc1cc(C(O)CNCCCCCCOCCCCc2ccccc2)ccc1O. The van der Waals surface area contributed by atoms with Gasteiger partial charge in [0.15, 0.2) is 17.1 Å². The summed E-state index contributed by atoms with van der Waals surface area (Å²) >= 11 is 0.388. The zero-order chi connectivity index (χ0) is 49.7. The van der Waals surface area contributed by atoms with Gasteiger partial charge < -0.3 is 34.8 Å². The van der Waals surface area contributed by atoms with Crippen LogP contribution >= 0.6 is 11.8 Å². The van der Waals surface area contributed by atoms with E-state index in [-0.39, 0.29) is 50.0 Å². The lowest BCUT2D eigenvalue weighted by atomic mass is 9.44. The number of unbranched alkanes of at least 4 members (excludes halogenated alkanes) is 4. The number of halogens is 3. The molecular formula is C53H72F3NO10S. The number of nitrogens with one attached hydrogen (secondary N) is 1. The molecule has 68 heavy (non-hydrogen) atoms. The van der Waals surface area contributed by atoms with Crippen LogP contribution in [0, 0.1) is 28.6 Å². The molecule has 6 rings (SSSR count). The highest BCUT2D eigenvalue weighted by Crippen LogP contribution is 2.72. The lowest BCUT2D eigenvalue weighted by Crippen LogP contribution is -2.71. The zero-order valence-electron chi connectivity index (χ0n) is 40.3. The van der Waals surface area contributed by atoms with Gasteiger partial charge in [-0.05, 0) is 123 Å². The molecule has 0 aromatic heterocycles. The number of ketones is 1. The molecule has 376 valence electrons. The number of aryl methyl sites for hydroxylation is 1. The summed E-state index contributed by atoms with van der Waals surface area (Å²) in [6.45, 7) is 10.8. The summed E-state index contributed by atoms with van der Waals surface area (Å²) in [7, 11) is 0. The van der Waals surface area contributed by atoms with Gasteiger partial charge in [-0.2, -0.15) is 0 Å². The Labute approximate surface area is 404 Å². The third-order valence-corrected chi connectivity index (χ3v) is 15.7. The predicted molar refractivity (Wildman–Crippen MR) is 256 cm³/mol. The number of fused-ring (bicyclic) bond motifs is 5. The van der Waals surface area contributed by atoms with Crippen LogP contribution in [0.25, 0.3) is 0 Å². The molecule has 15 heteroatoms. The van der Waals surface area contributed by atoms with E-state index in [0.29, 0.717) is 29.4 Å². The number of esters is 2. The second kappa shape index (κ2) is 24.7. The van der Waals surface area contributed by atoms with Crippen molar-refractivity contribution in [3.8, 4) is 5.75 Å². The molecule has 3 saturated carbocycles. The number of carbonyl (C=O) groups is 4. The number of ether oxygens (including phenoxy) is 3. The number of alkyl halides is 3. The number of benzene rings is 2. The van der Waals surface area contributed by atoms with Crippen molar-refractivity contribution in [3.63, 3.8) is 0 Å². The van der Waals surface area contributed by atoms with E-state index in [1.165, 1.54) is 37.1 Å². The van der Waals surface area contributed by atoms with Gasteiger partial charge in [0.1, 0.15) is 24.0 Å². The summed E-state index contributed by atoms with van der Waals surface area (Å²) in [5, 5.41) is 31.6. The van der Waals surface area contributed by atoms with Crippen molar-refractivity contribution in [1.82, 2.24) is 5.32 Å². The number of aliphatic hydroxyl groups is 2. The predicted octanol–water partition coefficient (Wildman–Crippen LogP) is 9.50. The second-order valence-electron chi connectivity index (χ2n) is 19.2. The van der Waals surface area contributed by atoms with Crippen LogP contribution in [0.2, 0.25) is 0 Å². The molecule has 4 aliphatic rings. The highest BCUT2D eigenvalue weighted by molar-refractivity contribution is 8.13. The third-order valence-electron chi connectivity index (χ3n) is 15.0. The zero-order valence-corrected chi connectivity index (χ0v) is 41.1. The number of carbonyl (C=O) groups excluding carboxylic acids is 4. The van der Waals surface area contributed by atoms with Crippen molar-refractivity contribution in [2.24, 2.45) is 28.6 Å². The maximum absolute atomic E-state index is 18.0. The Morgan fingerprint density at radius 2 is 1.63 bits per heavy atom. The van der Waals surface area contributed by atoms with Crippen LogP contribution in [0.4, 0.5) is 13.2 Å². The van der Waals surface area contributed by atoms with Gasteiger partial charge in [0.2, 0.25) is 5.12 Å². The van der Waals surface area contributed by atoms with Gasteiger partial charge in [0.25, 0.3) is 0 Å². The Morgan fingerprint density at radius 1 is 0.941 bits per heavy atom. The van der Waals surface area contributed by atoms with Crippen LogP contribution in [0.1, 0.15) is 128 Å². The number of rotatable bonds is 22. The van der Waals surface area contributed by atoms with E-state index in [0.717, 1.165) is 64.4 Å². The molecule has 4 N–H and O–H groups in total. The van der Waals surface area contributed by atoms with E-state index < -0.39 is 87.1 Å². The Hall–Kier alpha value is -4.02. The molecule has 0 spiro atoms. The van der Waals surface area contributed by atoms with Crippen molar-refractivity contribution in [2.45, 2.75) is 148 Å². The molecule has 0 bridgehead atoms. The molecule has 2 aromatic rings. The molecule has 10 atom stereocenters. The first kappa shape index (κ1) is 54.9. The van der Waals surface area contributed by atoms with E-state index in [1.54, 1.807) is 39.8 Å². The highest BCUT2D eigenvalue weighted by Gasteiger charge is 2.79. The number of phenols is 1. The van der Waals surface area contributed by atoms with Crippen LogP contribution < -0.4 is 5.32 Å². The number of allylic oxidation sites excluding steroid dienone is 4. The van der Waals surface area contributed by atoms with Gasteiger partial charge >= 0.3 is 11.9 Å². The van der Waals surface area contributed by atoms with Crippen molar-refractivity contribution >= 4 is 34.6 Å². The van der Waals surface area contributed by atoms with Gasteiger partial charge in [-0.3, -0.25) is 19.2 Å². The normalized spacial score (nSPS) is 29.6. The first-order valence-electron chi connectivity index (χ1n) is 24.3. The second-order valence-corrected chi connectivity index (χ2v) is 20.0. The topological polar surface area (TPSA) is 169 Å². The molecule has 0 amide bonds. The lowest BCUT2D eigenvalue weighted by molar-refractivity contribution is -0.237. The van der Waals surface area contributed by atoms with Crippen molar-refractivity contribution in [1.29, 1.82) is 0 Å². The van der Waals surface area contributed by atoms with E-state index in [4.69, 9.17) is 14.2 Å². The number of thioether (sulfide) groups is 1. The number of hydrogen-bond donors (Lipinski definition) is 4. The minimum atomic E-state index is -2.31. The summed E-state index contributed by atoms with van der Waals surface area (Å²) in [5.74, 6) is -4.06. The van der Waals surface area contributed by atoms with E-state index in [9.17, 15) is 38.9 Å². The molecule has 4 aliphatic carbocycles. The maximum atomic E-state index is 18.0. The van der Waals surface area contributed by atoms with Crippen LogP contribution in [0.5, 0.6) is 5.75 Å². The molecule has 1 unspecified atom stereocenters. The fourth-order valence-corrected chi connectivity index (χ4v) is 12.1. The standard InChI is InChI=1S/C28H35F3O6S.C25H37NO4/c1-6-22(33)36-21-13-26(5)17(10-15(3)28(26,24(35)38-14-29)37-23(34)7-2)18-12-20(30)19-11-16(32)8-9-25(19,4)27(18,21)31;27-20-23-18-22(13-14-24(23)28)25(29)19-26-15-7-1-2-8-16-30-17-9-6-12-21-10-4-3-5-11-21/h8-9,11,15,17-18,20-21H,6-7,10,12-14H2,1-5H3;3-5,10-11,13-14,18,25-29H,1-2,6-9,12,15-17,19-20H2/t15-,17+,18+,20+,21+,25+,26+,27+,28+;/m1./s1. The van der Waals surface area contributed by atoms with Crippen molar-refractivity contribution in [2.75, 3.05) is 32.3 Å². The molecule has 2 aromatic carbocycles. The lowest BCUT2D eigenvalue weighted by Gasteiger charge is -2.63. The molecular weight excluding hydrogens is 900 g/mol. The third kappa shape index (κ3) is 11.8. The monoisotopic (exact) mass is 971 g/mol. The maximum Gasteiger partial charge on any atom is 0.306 e. The fourth-order valence-electron chi connectivity index (χ4n) is 11.3. The van der Waals surface area contributed by atoms with Crippen LogP contribution in [-0.2, 0) is 46.4 Å². The summed E-state index contributed by atoms with van der Waals surface area (Å²) in [4.78, 5) is 51.0. The Morgan fingerprint density at radius 3 is 2.31 bits per heavy atom. The largest absolute Gasteiger partial charge is 0.508 e. The molecule has 0 radical (unpaired) electrons. The van der Waals surface area contributed by atoms with Crippen LogP contribution in [0.15, 0.2) is 72.3 Å². The van der Waals surface area contributed by atoms with Crippen molar-refractivity contribution < 1.29 is 61.9 Å². The molecule has 3 fully saturated rings. The van der Waals surface area contributed by atoms with E-state index in [2.05, 4.69) is 35.6 Å². The van der Waals surface area contributed by atoms with Gasteiger partial charge in [-0.25, -0.2) is 13.2 Å². The smallest absolute Gasteiger partial charge is 0.306 e. The minimum absolute atomic E-state index is 0.00341. The van der Waals surface area contributed by atoms with Gasteiger partial charge in [-0.15, -0.1) is 0 Å². The van der Waals surface area contributed by atoms with Gasteiger partial charge in [0, 0.05) is 60.8 Å². The minimum Gasteiger partial charge on any atom is -0.508 e. The number of aliphatic hydroxyl groups excluding tert-OH is 2. The summed E-state index contributed by atoms with van der Waals surface area (Å²) in [5.41, 5.74) is -4.46. The Kier molecular flexibility index (Phi) is 19.9. The first-order chi connectivity index (χ1) is 32.5. The Bertz CT molecular complexity index is 2090. The molecule has 11 nitrogen and oxygen atoms in total. The van der Waals surface area contributed by atoms with Crippen molar-refractivity contribution in [3.05, 3.63) is 89.0 Å². The molecule has 0 saturated heterocycles. The summed E-state index contributed by atoms with van der Waals surface area (Å²) in [6, 6.07) is 14.4. The van der Waals surface area contributed by atoms with Crippen LogP contribution in [0.3, 0.4) is 0 Å². The Balaban J connectivity index is 0.000000262. The van der Waals surface area contributed by atoms with Crippen LogP contribution in [-0.4, -0.2) is 94.0 Å². The van der Waals surface area contributed by atoms with Gasteiger partial charge in [0.05, 0.1) is 12.7 Å². The number of hydrogen-bond acceptors (Lipinski definition) is 12. The average molecular weight is 972 g/mol. The average Bonchev–Trinajstić information content (AvgIpc) is 3.54. The van der Waals surface area contributed by atoms with Gasteiger partial charge in [-0.1, -0.05) is 83.0 Å². The fraction of sp³-hybridized carbons (Fsp3) is 0.623. The quantitative estimate of drug-likeness (QED) is 0.0653. The summed E-state index contributed by atoms with van der Waals surface area (Å²) < 4.78 is 64.6. The molecule has 0 heterocycles. The molecule has 0 aliphatic heterocycles. The first-order valence-corrected chi connectivity index (χ1v) is 25.3. The van der Waals surface area contributed by atoms with E-state index >= 15 is 8.78 Å². The number of aromatic hydroxyl groups is 1. The highest BCUT2D eigenvalue weighted by atomic mass is 32.2.